The average molecular weight is 296 g/mol. The number of nitrogens with zero attached hydrogens (tertiary/aromatic N) is 2. The number of ether oxygens (including phenoxy) is 2. The number of nitriles is 2. The Balaban J connectivity index is 2.51. The van der Waals surface area contributed by atoms with Gasteiger partial charge < -0.3 is 9.47 Å². The van der Waals surface area contributed by atoms with E-state index >= 15 is 0 Å². The second kappa shape index (κ2) is 6.32. The molecular formula is C17H16N2O3. The summed E-state index contributed by atoms with van der Waals surface area (Å²) >= 11 is 0. The summed E-state index contributed by atoms with van der Waals surface area (Å²) in [6.07, 6.45) is 3.96. The van der Waals surface area contributed by atoms with Gasteiger partial charge in [-0.1, -0.05) is 24.3 Å². The SMILES string of the molecule is COC(=O)[C@H]1CC=C[C@@H](c2ccc(OC)cc2)C1(C#N)C#N. The second-order valence-corrected chi connectivity index (χ2v) is 5.08. The number of hydrogen-bond donors (Lipinski definition) is 0. The number of methoxy groups -OCH3 is 2. The molecule has 5 nitrogen and oxygen atoms in total. The summed E-state index contributed by atoms with van der Waals surface area (Å²) in [7, 11) is 2.83. The van der Waals surface area contributed by atoms with E-state index in [1.54, 1.807) is 31.4 Å². The van der Waals surface area contributed by atoms with Gasteiger partial charge in [-0.3, -0.25) is 4.79 Å². The molecule has 0 heterocycles. The van der Waals surface area contributed by atoms with E-state index in [0.29, 0.717) is 12.2 Å². The number of allylic oxidation sites excluding steroid dienone is 2. The highest BCUT2D eigenvalue weighted by Crippen LogP contribution is 2.47. The van der Waals surface area contributed by atoms with Crippen molar-refractivity contribution in [3.8, 4) is 17.9 Å². The minimum Gasteiger partial charge on any atom is -0.497 e. The van der Waals surface area contributed by atoms with Crippen LogP contribution in [0.2, 0.25) is 0 Å². The van der Waals surface area contributed by atoms with Crippen LogP contribution in [0.5, 0.6) is 5.75 Å². The number of carbonyl (C=O) groups excluding carboxylic acids is 1. The molecule has 5 heteroatoms. The van der Waals surface area contributed by atoms with Gasteiger partial charge in [0.05, 0.1) is 32.3 Å². The van der Waals surface area contributed by atoms with E-state index in [-0.39, 0.29) is 0 Å². The number of esters is 1. The van der Waals surface area contributed by atoms with Gasteiger partial charge in [-0.15, -0.1) is 0 Å². The van der Waals surface area contributed by atoms with Crippen LogP contribution in [0.25, 0.3) is 0 Å². The molecule has 0 radical (unpaired) electrons. The fraction of sp³-hybridized carbons (Fsp3) is 0.353. The third-order valence-electron chi connectivity index (χ3n) is 4.07. The Morgan fingerprint density at radius 3 is 2.36 bits per heavy atom. The van der Waals surface area contributed by atoms with Crippen molar-refractivity contribution < 1.29 is 14.3 Å². The fourth-order valence-corrected chi connectivity index (χ4v) is 2.83. The lowest BCUT2D eigenvalue weighted by Gasteiger charge is -2.35. The molecular weight excluding hydrogens is 280 g/mol. The molecule has 1 aliphatic carbocycles. The van der Waals surface area contributed by atoms with Crippen LogP contribution in [0.15, 0.2) is 36.4 Å². The summed E-state index contributed by atoms with van der Waals surface area (Å²) in [6, 6.07) is 11.3. The number of carbonyl (C=O) groups is 1. The summed E-state index contributed by atoms with van der Waals surface area (Å²) in [6.45, 7) is 0. The smallest absolute Gasteiger partial charge is 0.311 e. The van der Waals surface area contributed by atoms with Gasteiger partial charge in [0, 0.05) is 5.92 Å². The Kier molecular flexibility index (Phi) is 4.48. The van der Waals surface area contributed by atoms with Crippen molar-refractivity contribution in [2.75, 3.05) is 14.2 Å². The fourth-order valence-electron chi connectivity index (χ4n) is 2.83. The van der Waals surface area contributed by atoms with Crippen molar-refractivity contribution in [1.82, 2.24) is 0 Å². The third-order valence-corrected chi connectivity index (χ3v) is 4.07. The zero-order valence-electron chi connectivity index (χ0n) is 12.4. The largest absolute Gasteiger partial charge is 0.497 e. The average Bonchev–Trinajstić information content (AvgIpc) is 2.60. The minimum atomic E-state index is -1.48. The number of rotatable bonds is 3. The maximum atomic E-state index is 12.0. The van der Waals surface area contributed by atoms with Crippen molar-refractivity contribution in [2.45, 2.75) is 12.3 Å². The third kappa shape index (κ3) is 2.42. The highest BCUT2D eigenvalue weighted by atomic mass is 16.5. The molecule has 0 spiro atoms. The standard InChI is InChI=1S/C17H16N2O3/c1-21-13-8-6-12(7-9-13)14-4-3-5-15(16(20)22-2)17(14,10-18)11-19/h3-4,6-9,14-15H,5H2,1-2H3/t14-,15+/m0/s1. The molecule has 0 aromatic heterocycles. The van der Waals surface area contributed by atoms with Crippen LogP contribution in [0, 0.1) is 34.0 Å². The first-order valence-corrected chi connectivity index (χ1v) is 6.84. The predicted molar refractivity (Wildman–Crippen MR) is 78.7 cm³/mol. The zero-order chi connectivity index (χ0) is 16.2. The normalized spacial score (nSPS) is 22.2. The van der Waals surface area contributed by atoms with Gasteiger partial charge in [-0.25, -0.2) is 0 Å². The molecule has 0 fully saturated rings. The lowest BCUT2D eigenvalue weighted by molar-refractivity contribution is -0.148. The Hall–Kier alpha value is -2.79. The lowest BCUT2D eigenvalue weighted by atomic mass is 9.62. The highest BCUT2D eigenvalue weighted by molar-refractivity contribution is 5.76. The zero-order valence-corrected chi connectivity index (χ0v) is 12.4. The van der Waals surface area contributed by atoms with Crippen molar-refractivity contribution in [3.63, 3.8) is 0 Å². The van der Waals surface area contributed by atoms with Crippen molar-refractivity contribution in [3.05, 3.63) is 42.0 Å². The molecule has 1 aromatic carbocycles. The van der Waals surface area contributed by atoms with E-state index in [1.807, 2.05) is 12.2 Å². The predicted octanol–water partition coefficient (Wildman–Crippen LogP) is 2.56. The number of benzene rings is 1. The summed E-state index contributed by atoms with van der Waals surface area (Å²) in [5.41, 5.74) is -0.690. The van der Waals surface area contributed by atoms with Crippen LogP contribution in [-0.2, 0) is 9.53 Å². The van der Waals surface area contributed by atoms with E-state index in [2.05, 4.69) is 12.1 Å². The molecule has 2 rings (SSSR count). The van der Waals surface area contributed by atoms with Gasteiger partial charge in [0.25, 0.3) is 0 Å². The molecule has 0 aliphatic heterocycles. The maximum Gasteiger partial charge on any atom is 0.311 e. The summed E-state index contributed by atoms with van der Waals surface area (Å²) in [5.74, 6) is -1.14. The molecule has 0 saturated heterocycles. The van der Waals surface area contributed by atoms with E-state index in [1.165, 1.54) is 7.11 Å². The Morgan fingerprint density at radius 1 is 1.23 bits per heavy atom. The first-order valence-electron chi connectivity index (χ1n) is 6.84. The molecule has 22 heavy (non-hydrogen) atoms. The van der Waals surface area contributed by atoms with Crippen LogP contribution in [0.1, 0.15) is 17.9 Å². The lowest BCUT2D eigenvalue weighted by Crippen LogP contribution is -2.40. The second-order valence-electron chi connectivity index (χ2n) is 5.08. The first kappa shape index (κ1) is 15.6. The highest BCUT2D eigenvalue weighted by Gasteiger charge is 2.51. The summed E-state index contributed by atoms with van der Waals surface area (Å²) < 4.78 is 9.89. The van der Waals surface area contributed by atoms with Gasteiger partial charge in [0.1, 0.15) is 5.75 Å². The van der Waals surface area contributed by atoms with Crippen LogP contribution >= 0.6 is 0 Å². The van der Waals surface area contributed by atoms with E-state index in [0.717, 1.165) is 5.56 Å². The van der Waals surface area contributed by atoms with Gasteiger partial charge >= 0.3 is 5.97 Å². The molecule has 2 atom stereocenters. The van der Waals surface area contributed by atoms with Crippen LogP contribution < -0.4 is 4.74 Å². The summed E-state index contributed by atoms with van der Waals surface area (Å²) in [5, 5.41) is 19.3. The Bertz CT molecular complexity index is 651. The van der Waals surface area contributed by atoms with Crippen molar-refractivity contribution in [1.29, 1.82) is 10.5 Å². The molecule has 0 unspecified atom stereocenters. The molecule has 0 saturated carbocycles. The molecule has 112 valence electrons. The van der Waals surface area contributed by atoms with E-state index in [4.69, 9.17) is 9.47 Å². The van der Waals surface area contributed by atoms with Crippen molar-refractivity contribution in [2.24, 2.45) is 11.3 Å². The quantitative estimate of drug-likeness (QED) is 0.632. The topological polar surface area (TPSA) is 83.1 Å². The number of hydrogen-bond acceptors (Lipinski definition) is 5. The molecule has 0 N–H and O–H groups in total. The van der Waals surface area contributed by atoms with Crippen LogP contribution in [-0.4, -0.2) is 20.2 Å². The van der Waals surface area contributed by atoms with Gasteiger partial charge in [0.2, 0.25) is 0 Å². The van der Waals surface area contributed by atoms with Crippen LogP contribution in [0.3, 0.4) is 0 Å². The monoisotopic (exact) mass is 296 g/mol. The van der Waals surface area contributed by atoms with Gasteiger partial charge in [0.15, 0.2) is 5.41 Å². The molecule has 1 aliphatic rings. The maximum absolute atomic E-state index is 12.0. The minimum absolute atomic E-state index is 0.320. The summed E-state index contributed by atoms with van der Waals surface area (Å²) in [4.78, 5) is 12.0. The van der Waals surface area contributed by atoms with Crippen LogP contribution in [0.4, 0.5) is 0 Å². The van der Waals surface area contributed by atoms with Gasteiger partial charge in [-0.2, -0.15) is 10.5 Å². The van der Waals surface area contributed by atoms with Gasteiger partial charge in [-0.05, 0) is 24.1 Å². The van der Waals surface area contributed by atoms with E-state index < -0.39 is 23.2 Å². The van der Waals surface area contributed by atoms with E-state index in [9.17, 15) is 15.3 Å². The molecule has 0 amide bonds. The first-order chi connectivity index (χ1) is 10.6. The van der Waals surface area contributed by atoms with Crippen molar-refractivity contribution >= 4 is 5.97 Å². The Labute approximate surface area is 129 Å². The Morgan fingerprint density at radius 2 is 1.86 bits per heavy atom. The molecule has 1 aromatic rings. The molecule has 0 bridgehead atoms.